The Bertz CT molecular complexity index is 838. The molecular formula is C21H22N2O4. The van der Waals surface area contributed by atoms with E-state index < -0.39 is 5.91 Å². The highest BCUT2D eigenvalue weighted by Gasteiger charge is 2.40. The fraction of sp³-hybridized carbons (Fsp3) is 0.381. The summed E-state index contributed by atoms with van der Waals surface area (Å²) < 4.78 is 5.32. The van der Waals surface area contributed by atoms with Gasteiger partial charge in [-0.25, -0.2) is 0 Å². The predicted molar refractivity (Wildman–Crippen MR) is 98.8 cm³/mol. The summed E-state index contributed by atoms with van der Waals surface area (Å²) in [5, 5.41) is 3.40. The second-order valence-corrected chi connectivity index (χ2v) is 7.22. The second-order valence-electron chi connectivity index (χ2n) is 7.22. The van der Waals surface area contributed by atoms with Crippen molar-refractivity contribution in [3.05, 3.63) is 52.4 Å². The summed E-state index contributed by atoms with van der Waals surface area (Å²) in [6, 6.07) is 7.24. The molecule has 6 nitrogen and oxygen atoms in total. The van der Waals surface area contributed by atoms with Crippen molar-refractivity contribution in [2.75, 3.05) is 6.61 Å². The zero-order valence-corrected chi connectivity index (χ0v) is 15.0. The van der Waals surface area contributed by atoms with Crippen LogP contribution in [0.5, 0.6) is 5.75 Å². The van der Waals surface area contributed by atoms with Gasteiger partial charge in [0, 0.05) is 41.3 Å². The standard InChI is InChI=1S/C21H22N2O4/c22-18(26)11-27-13-9-7-12(8-10-13)19-20-14(3-1-5-16(20)24)23-15-4-2-6-17(25)21(15)19/h7-10,19,23H,1-6,11H2,(H2,22,26). The molecule has 3 N–H and O–H groups in total. The summed E-state index contributed by atoms with van der Waals surface area (Å²) in [6.45, 7) is -0.186. The number of Topliss-reactive ketones (excluding diaryl/α,β-unsaturated/α-hetero) is 2. The van der Waals surface area contributed by atoms with E-state index in [-0.39, 0.29) is 24.1 Å². The van der Waals surface area contributed by atoms with E-state index in [0.717, 1.165) is 53.8 Å². The molecule has 3 aliphatic rings. The van der Waals surface area contributed by atoms with E-state index >= 15 is 0 Å². The lowest BCUT2D eigenvalue weighted by Crippen LogP contribution is -2.36. The largest absolute Gasteiger partial charge is 0.484 e. The summed E-state index contributed by atoms with van der Waals surface area (Å²) >= 11 is 0. The fourth-order valence-electron chi connectivity index (χ4n) is 4.23. The minimum atomic E-state index is -0.539. The van der Waals surface area contributed by atoms with Crippen LogP contribution in [0.25, 0.3) is 0 Å². The molecule has 0 spiro atoms. The van der Waals surface area contributed by atoms with Gasteiger partial charge in [0.15, 0.2) is 18.2 Å². The number of allylic oxidation sites excluding steroid dienone is 4. The van der Waals surface area contributed by atoms with Gasteiger partial charge in [-0.05, 0) is 43.4 Å². The summed E-state index contributed by atoms with van der Waals surface area (Å²) in [4.78, 5) is 36.3. The van der Waals surface area contributed by atoms with Gasteiger partial charge in [0.05, 0.1) is 0 Å². The van der Waals surface area contributed by atoms with Crippen LogP contribution in [0.2, 0.25) is 0 Å². The third kappa shape index (κ3) is 3.27. The first-order valence-corrected chi connectivity index (χ1v) is 9.35. The number of amides is 1. The molecule has 0 saturated carbocycles. The molecule has 0 atom stereocenters. The number of carbonyl (C=O) groups is 3. The molecule has 27 heavy (non-hydrogen) atoms. The Hall–Kier alpha value is -2.89. The summed E-state index contributed by atoms with van der Waals surface area (Å²) in [6.07, 6.45) is 4.40. The lowest BCUT2D eigenvalue weighted by atomic mass is 9.71. The highest BCUT2D eigenvalue weighted by Crippen LogP contribution is 2.45. The van der Waals surface area contributed by atoms with Crippen LogP contribution in [0.4, 0.5) is 0 Å². The maximum Gasteiger partial charge on any atom is 0.255 e. The van der Waals surface area contributed by atoms with Gasteiger partial charge in [-0.15, -0.1) is 0 Å². The predicted octanol–water partition coefficient (Wildman–Crippen LogP) is 2.25. The number of nitrogens with one attached hydrogen (secondary N) is 1. The van der Waals surface area contributed by atoms with Crippen LogP contribution >= 0.6 is 0 Å². The van der Waals surface area contributed by atoms with Gasteiger partial charge in [-0.2, -0.15) is 0 Å². The monoisotopic (exact) mass is 366 g/mol. The normalized spacial score (nSPS) is 20.1. The minimum absolute atomic E-state index is 0.118. The maximum absolute atomic E-state index is 12.7. The molecule has 4 rings (SSSR count). The summed E-state index contributed by atoms with van der Waals surface area (Å²) in [7, 11) is 0. The molecule has 0 fully saturated rings. The van der Waals surface area contributed by atoms with Crippen LogP contribution in [-0.2, 0) is 14.4 Å². The molecule has 1 aromatic carbocycles. The number of ether oxygens (including phenoxy) is 1. The molecular weight excluding hydrogens is 344 g/mol. The van der Waals surface area contributed by atoms with Gasteiger partial charge in [0.1, 0.15) is 5.75 Å². The smallest absolute Gasteiger partial charge is 0.255 e. The number of hydrogen-bond acceptors (Lipinski definition) is 5. The summed E-state index contributed by atoms with van der Waals surface area (Å²) in [5.41, 5.74) is 9.42. The van der Waals surface area contributed by atoms with Crippen molar-refractivity contribution in [2.24, 2.45) is 5.73 Å². The number of dihydropyridines is 1. The number of hydrogen-bond donors (Lipinski definition) is 2. The third-order valence-corrected chi connectivity index (χ3v) is 5.39. The van der Waals surface area contributed by atoms with E-state index in [9.17, 15) is 14.4 Å². The molecule has 0 radical (unpaired) electrons. The first kappa shape index (κ1) is 17.5. The Kier molecular flexibility index (Phi) is 4.56. The Labute approximate surface area is 157 Å². The average molecular weight is 366 g/mol. The SMILES string of the molecule is NC(=O)COc1ccc(C2C3=C(CCCC3=O)NC3=C2C(=O)CCC3)cc1. The number of ketones is 2. The van der Waals surface area contributed by atoms with Crippen molar-refractivity contribution in [1.29, 1.82) is 0 Å². The van der Waals surface area contributed by atoms with Crippen molar-refractivity contribution < 1.29 is 19.1 Å². The Balaban J connectivity index is 1.74. The first-order valence-electron chi connectivity index (χ1n) is 9.35. The van der Waals surface area contributed by atoms with Gasteiger partial charge in [0.2, 0.25) is 0 Å². The van der Waals surface area contributed by atoms with Crippen molar-refractivity contribution >= 4 is 17.5 Å². The van der Waals surface area contributed by atoms with Gasteiger partial charge in [-0.1, -0.05) is 12.1 Å². The number of nitrogens with two attached hydrogens (primary N) is 1. The van der Waals surface area contributed by atoms with E-state index in [0.29, 0.717) is 18.6 Å². The van der Waals surface area contributed by atoms with Crippen LogP contribution in [-0.4, -0.2) is 24.1 Å². The van der Waals surface area contributed by atoms with Gasteiger partial charge in [-0.3, -0.25) is 14.4 Å². The van der Waals surface area contributed by atoms with E-state index in [4.69, 9.17) is 10.5 Å². The van der Waals surface area contributed by atoms with Crippen molar-refractivity contribution in [3.8, 4) is 5.75 Å². The Morgan fingerprint density at radius 2 is 1.52 bits per heavy atom. The Morgan fingerprint density at radius 3 is 2.04 bits per heavy atom. The summed E-state index contributed by atoms with van der Waals surface area (Å²) in [5.74, 6) is -0.0926. The molecule has 0 aromatic heterocycles. The zero-order valence-electron chi connectivity index (χ0n) is 15.0. The topological polar surface area (TPSA) is 98.5 Å². The molecule has 1 aliphatic heterocycles. The van der Waals surface area contributed by atoms with Crippen LogP contribution in [0.15, 0.2) is 46.8 Å². The van der Waals surface area contributed by atoms with Crippen molar-refractivity contribution in [1.82, 2.24) is 5.32 Å². The average Bonchev–Trinajstić information content (AvgIpc) is 2.66. The van der Waals surface area contributed by atoms with E-state index in [2.05, 4.69) is 5.32 Å². The minimum Gasteiger partial charge on any atom is -0.484 e. The highest BCUT2D eigenvalue weighted by atomic mass is 16.5. The second kappa shape index (κ2) is 7.02. The van der Waals surface area contributed by atoms with Crippen LogP contribution in [0, 0.1) is 0 Å². The van der Waals surface area contributed by atoms with Gasteiger partial charge >= 0.3 is 0 Å². The van der Waals surface area contributed by atoms with Crippen LogP contribution < -0.4 is 15.8 Å². The first-order chi connectivity index (χ1) is 13.0. The molecule has 1 heterocycles. The molecule has 1 amide bonds. The number of carbonyl (C=O) groups excluding carboxylic acids is 3. The van der Waals surface area contributed by atoms with E-state index in [1.165, 1.54) is 0 Å². The molecule has 140 valence electrons. The fourth-order valence-corrected chi connectivity index (χ4v) is 4.23. The lowest BCUT2D eigenvalue weighted by Gasteiger charge is -2.37. The quantitative estimate of drug-likeness (QED) is 0.852. The maximum atomic E-state index is 12.7. The number of rotatable bonds is 4. The van der Waals surface area contributed by atoms with Crippen molar-refractivity contribution in [3.63, 3.8) is 0 Å². The molecule has 0 saturated heterocycles. The molecule has 2 aliphatic carbocycles. The van der Waals surface area contributed by atoms with Gasteiger partial charge < -0.3 is 15.8 Å². The Morgan fingerprint density at radius 1 is 0.963 bits per heavy atom. The van der Waals surface area contributed by atoms with Gasteiger partial charge in [0.25, 0.3) is 5.91 Å². The zero-order chi connectivity index (χ0) is 19.0. The molecule has 0 unspecified atom stereocenters. The van der Waals surface area contributed by atoms with Crippen LogP contribution in [0.1, 0.15) is 50.0 Å². The highest BCUT2D eigenvalue weighted by molar-refractivity contribution is 6.06. The molecule has 1 aromatic rings. The number of benzene rings is 1. The van der Waals surface area contributed by atoms with E-state index in [1.54, 1.807) is 12.1 Å². The number of primary amides is 1. The molecule has 0 bridgehead atoms. The van der Waals surface area contributed by atoms with Crippen molar-refractivity contribution in [2.45, 2.75) is 44.4 Å². The molecule has 6 heteroatoms. The van der Waals surface area contributed by atoms with E-state index in [1.807, 2.05) is 12.1 Å². The van der Waals surface area contributed by atoms with Crippen LogP contribution in [0.3, 0.4) is 0 Å². The lowest BCUT2D eigenvalue weighted by molar-refractivity contribution is -0.120. The third-order valence-electron chi connectivity index (χ3n) is 5.39.